The van der Waals surface area contributed by atoms with E-state index in [1.807, 2.05) is 35.0 Å². The highest BCUT2D eigenvalue weighted by Crippen LogP contribution is 2.16. The Bertz CT molecular complexity index is 841. The Morgan fingerprint density at radius 2 is 1.86 bits per heavy atom. The maximum absolute atomic E-state index is 12.1. The molecule has 1 aromatic heterocycles. The van der Waals surface area contributed by atoms with Crippen molar-refractivity contribution in [3.05, 3.63) is 78.4 Å². The van der Waals surface area contributed by atoms with Crippen molar-refractivity contribution in [2.45, 2.75) is 39.2 Å². The number of nitrogens with one attached hydrogen (secondary N) is 1. The summed E-state index contributed by atoms with van der Waals surface area (Å²) in [5.74, 6) is 0.842. The number of aryl methyl sites for hydroxylation is 2. The van der Waals surface area contributed by atoms with E-state index in [1.54, 1.807) is 12.5 Å². The zero-order valence-corrected chi connectivity index (χ0v) is 16.3. The fourth-order valence-corrected chi connectivity index (χ4v) is 2.92. The van der Waals surface area contributed by atoms with Crippen molar-refractivity contribution >= 4 is 11.6 Å². The fraction of sp³-hybridized carbons (Fsp3) is 0.304. The van der Waals surface area contributed by atoms with Gasteiger partial charge in [-0.15, -0.1) is 0 Å². The van der Waals surface area contributed by atoms with Gasteiger partial charge in [0.25, 0.3) is 0 Å². The van der Waals surface area contributed by atoms with Crippen LogP contribution in [0.4, 0.5) is 5.69 Å². The summed E-state index contributed by atoms with van der Waals surface area (Å²) in [7, 11) is 0. The number of nitrogens with zero attached hydrogens (tertiary/aromatic N) is 2. The molecule has 0 atom stereocenters. The number of ether oxygens (including phenoxy) is 1. The van der Waals surface area contributed by atoms with E-state index in [0.717, 1.165) is 37.2 Å². The predicted molar refractivity (Wildman–Crippen MR) is 112 cm³/mol. The van der Waals surface area contributed by atoms with Gasteiger partial charge in [-0.25, -0.2) is 4.98 Å². The van der Waals surface area contributed by atoms with Gasteiger partial charge in [-0.2, -0.15) is 0 Å². The lowest BCUT2D eigenvalue weighted by atomic mass is 10.1. The monoisotopic (exact) mass is 377 g/mol. The van der Waals surface area contributed by atoms with Gasteiger partial charge in [0.15, 0.2) is 0 Å². The summed E-state index contributed by atoms with van der Waals surface area (Å²) < 4.78 is 7.67. The smallest absolute Gasteiger partial charge is 0.224 e. The Kier molecular flexibility index (Phi) is 7.24. The minimum atomic E-state index is 0.0534. The maximum Gasteiger partial charge on any atom is 0.224 e. The molecule has 0 aliphatic carbocycles. The maximum atomic E-state index is 12.1. The van der Waals surface area contributed by atoms with Crippen molar-refractivity contribution in [1.29, 1.82) is 0 Å². The first-order valence-electron chi connectivity index (χ1n) is 9.73. The van der Waals surface area contributed by atoms with E-state index in [2.05, 4.69) is 41.5 Å². The quantitative estimate of drug-likeness (QED) is 0.525. The molecule has 0 saturated carbocycles. The number of carbonyl (C=O) groups excluding carboxylic acids is 1. The number of unbranched alkanes of at least 4 members (excludes halogenated alkanes) is 1. The molecule has 0 aliphatic heterocycles. The minimum Gasteiger partial charge on any atom is -0.492 e. The van der Waals surface area contributed by atoms with Crippen molar-refractivity contribution in [2.75, 3.05) is 11.9 Å². The zero-order chi connectivity index (χ0) is 19.6. The van der Waals surface area contributed by atoms with Gasteiger partial charge < -0.3 is 14.6 Å². The van der Waals surface area contributed by atoms with Gasteiger partial charge in [0.2, 0.25) is 5.91 Å². The van der Waals surface area contributed by atoms with Crippen LogP contribution in [0.2, 0.25) is 0 Å². The highest BCUT2D eigenvalue weighted by atomic mass is 16.5. The number of carbonyl (C=O) groups is 1. The topological polar surface area (TPSA) is 56.1 Å². The Labute approximate surface area is 166 Å². The Hall–Kier alpha value is -3.08. The molecule has 5 heteroatoms. The number of amides is 1. The van der Waals surface area contributed by atoms with E-state index in [-0.39, 0.29) is 5.91 Å². The molecule has 0 unspecified atom stereocenters. The van der Waals surface area contributed by atoms with E-state index >= 15 is 0 Å². The van der Waals surface area contributed by atoms with Crippen LogP contribution in [-0.2, 0) is 17.8 Å². The first-order valence-corrected chi connectivity index (χ1v) is 9.73. The minimum absolute atomic E-state index is 0.0534. The molecule has 146 valence electrons. The lowest BCUT2D eigenvalue weighted by molar-refractivity contribution is -0.116. The summed E-state index contributed by atoms with van der Waals surface area (Å²) in [5, 5.41) is 2.95. The van der Waals surface area contributed by atoms with Gasteiger partial charge >= 0.3 is 0 Å². The average Bonchev–Trinajstić information content (AvgIpc) is 3.21. The molecular weight excluding hydrogens is 350 g/mol. The molecule has 0 fully saturated rings. The number of aromatic nitrogens is 2. The third-order valence-electron chi connectivity index (χ3n) is 4.56. The number of imidazole rings is 1. The lowest BCUT2D eigenvalue weighted by Crippen LogP contribution is -2.11. The highest BCUT2D eigenvalue weighted by Gasteiger charge is 2.03. The molecular formula is C23H27N3O2. The van der Waals surface area contributed by atoms with Gasteiger partial charge in [-0.1, -0.05) is 29.8 Å². The van der Waals surface area contributed by atoms with E-state index in [1.165, 1.54) is 11.1 Å². The van der Waals surface area contributed by atoms with Crippen molar-refractivity contribution < 1.29 is 9.53 Å². The van der Waals surface area contributed by atoms with Crippen LogP contribution in [0.3, 0.4) is 0 Å². The summed E-state index contributed by atoms with van der Waals surface area (Å²) in [6.07, 6.45) is 8.87. The van der Waals surface area contributed by atoms with Crippen LogP contribution in [0.25, 0.3) is 0 Å². The summed E-state index contributed by atoms with van der Waals surface area (Å²) in [6, 6.07) is 16.1. The van der Waals surface area contributed by atoms with Crippen LogP contribution in [0.15, 0.2) is 67.3 Å². The summed E-state index contributed by atoms with van der Waals surface area (Å²) >= 11 is 0. The Balaban J connectivity index is 1.32. The van der Waals surface area contributed by atoms with Crippen molar-refractivity contribution in [1.82, 2.24) is 9.55 Å². The summed E-state index contributed by atoms with van der Waals surface area (Å²) in [5.41, 5.74) is 3.40. The van der Waals surface area contributed by atoms with Crippen molar-refractivity contribution in [3.8, 4) is 5.75 Å². The number of rotatable bonds is 10. The fourth-order valence-electron chi connectivity index (χ4n) is 2.92. The number of hydrogen-bond acceptors (Lipinski definition) is 3. The molecule has 1 heterocycles. The van der Waals surface area contributed by atoms with Crippen molar-refractivity contribution in [2.24, 2.45) is 0 Å². The molecule has 3 rings (SSSR count). The Morgan fingerprint density at radius 1 is 1.07 bits per heavy atom. The first-order chi connectivity index (χ1) is 13.7. The molecule has 0 bridgehead atoms. The molecule has 5 nitrogen and oxygen atoms in total. The average molecular weight is 377 g/mol. The molecule has 28 heavy (non-hydrogen) atoms. The normalized spacial score (nSPS) is 10.6. The Morgan fingerprint density at radius 3 is 2.57 bits per heavy atom. The van der Waals surface area contributed by atoms with Gasteiger partial charge in [0, 0.05) is 24.5 Å². The molecule has 1 amide bonds. The predicted octanol–water partition coefficient (Wildman–Crippen LogP) is 4.62. The number of benzene rings is 2. The largest absolute Gasteiger partial charge is 0.492 e. The zero-order valence-electron chi connectivity index (χ0n) is 16.3. The standard InChI is InChI=1S/C23H27N3O2/c1-19-6-8-20(9-7-19)4-2-3-5-23(27)25-21-10-12-22(13-11-21)28-17-16-26-15-14-24-18-26/h6-15,18H,2-5,16-17H2,1H3,(H,25,27). The van der Waals surface area contributed by atoms with E-state index in [9.17, 15) is 4.79 Å². The van der Waals surface area contributed by atoms with Crippen LogP contribution in [-0.4, -0.2) is 22.1 Å². The molecule has 0 saturated heterocycles. The van der Waals surface area contributed by atoms with Crippen molar-refractivity contribution in [3.63, 3.8) is 0 Å². The summed E-state index contributed by atoms with van der Waals surface area (Å²) in [6.45, 7) is 3.42. The van der Waals surface area contributed by atoms with Crippen LogP contribution in [0, 0.1) is 6.92 Å². The van der Waals surface area contributed by atoms with E-state index in [0.29, 0.717) is 13.0 Å². The second-order valence-corrected chi connectivity index (χ2v) is 6.91. The molecule has 0 spiro atoms. The highest BCUT2D eigenvalue weighted by molar-refractivity contribution is 5.90. The van der Waals surface area contributed by atoms with Gasteiger partial charge in [-0.05, 0) is 56.0 Å². The lowest BCUT2D eigenvalue weighted by Gasteiger charge is -2.09. The third-order valence-corrected chi connectivity index (χ3v) is 4.56. The first kappa shape index (κ1) is 19.7. The molecule has 3 aromatic rings. The molecule has 0 radical (unpaired) electrons. The van der Waals surface area contributed by atoms with Gasteiger partial charge in [-0.3, -0.25) is 4.79 Å². The van der Waals surface area contributed by atoms with Crippen LogP contribution < -0.4 is 10.1 Å². The number of anilines is 1. The van der Waals surface area contributed by atoms with Crippen LogP contribution in [0.5, 0.6) is 5.75 Å². The second kappa shape index (κ2) is 10.3. The summed E-state index contributed by atoms with van der Waals surface area (Å²) in [4.78, 5) is 16.1. The van der Waals surface area contributed by atoms with Crippen LogP contribution >= 0.6 is 0 Å². The van der Waals surface area contributed by atoms with Gasteiger partial charge in [0.1, 0.15) is 12.4 Å². The molecule has 1 N–H and O–H groups in total. The molecule has 2 aromatic carbocycles. The van der Waals surface area contributed by atoms with E-state index < -0.39 is 0 Å². The molecule has 0 aliphatic rings. The van der Waals surface area contributed by atoms with E-state index in [4.69, 9.17) is 4.74 Å². The second-order valence-electron chi connectivity index (χ2n) is 6.91. The third kappa shape index (κ3) is 6.58. The van der Waals surface area contributed by atoms with Gasteiger partial charge in [0.05, 0.1) is 12.9 Å². The number of hydrogen-bond donors (Lipinski definition) is 1. The SMILES string of the molecule is Cc1ccc(CCCCC(=O)Nc2ccc(OCCn3ccnc3)cc2)cc1. The van der Waals surface area contributed by atoms with Crippen LogP contribution in [0.1, 0.15) is 30.4 Å².